The Morgan fingerprint density at radius 1 is 0.302 bits per heavy atom. The Hall–Kier alpha value is 0.614. The topological polar surface area (TPSA) is 80.3 Å². The van der Waals surface area contributed by atoms with Gasteiger partial charge in [-0.2, -0.15) is 0 Å². The van der Waals surface area contributed by atoms with Crippen molar-refractivity contribution >= 4 is 16.1 Å². The molecule has 2 atom stereocenters. The maximum Gasteiger partial charge on any atom is 2.00 e. The maximum atomic E-state index is 10.4. The van der Waals surface area contributed by atoms with Gasteiger partial charge in [-0.15, -0.1) is 0 Å². The van der Waals surface area contributed by atoms with E-state index in [1.54, 1.807) is 0 Å². The second-order valence-electron chi connectivity index (χ2n) is 12.7. The molecule has 7 heteroatoms. The largest absolute Gasteiger partial charge is 2.00 e. The molecule has 43 heavy (non-hydrogen) atoms. The summed E-state index contributed by atoms with van der Waals surface area (Å²) >= 11 is 0. The van der Waals surface area contributed by atoms with Gasteiger partial charge in [-0.05, 0) is 25.7 Å². The van der Waals surface area contributed by atoms with Crippen LogP contribution in [-0.4, -0.2) is 12.3 Å². The van der Waals surface area contributed by atoms with Crippen molar-refractivity contribution in [2.24, 2.45) is 0 Å². The molecule has 0 bridgehead atoms. The van der Waals surface area contributed by atoms with E-state index in [9.17, 15) is 18.9 Å². The molecule has 0 aliphatic rings. The molecule has 0 fully saturated rings. The summed E-state index contributed by atoms with van der Waals surface area (Å²) in [4.78, 5) is 20.8. The Balaban J connectivity index is -0.000000727. The van der Waals surface area contributed by atoms with Crippen LogP contribution < -0.4 is 9.79 Å². The first-order valence-corrected chi connectivity index (χ1v) is 21.5. The molecule has 0 aromatic rings. The van der Waals surface area contributed by atoms with Crippen molar-refractivity contribution in [1.29, 1.82) is 0 Å². The van der Waals surface area contributed by atoms with Crippen LogP contribution in [0.15, 0.2) is 0 Å². The summed E-state index contributed by atoms with van der Waals surface area (Å²) in [6.45, 7) is 4.55. The van der Waals surface area contributed by atoms with Crippen molar-refractivity contribution < 1.29 is 35.4 Å². The average molecular weight is 692 g/mol. The number of hydrogen-bond donors (Lipinski definition) is 0. The smallest absolute Gasteiger partial charge is 0.596 e. The molecule has 0 aromatic heterocycles. The van der Waals surface area contributed by atoms with E-state index in [-0.39, 0.29) is 16.5 Å². The monoisotopic (exact) mass is 690 g/mol. The Bertz CT molecular complexity index is 491. The van der Waals surface area contributed by atoms with E-state index in [0.29, 0.717) is 12.3 Å². The van der Waals surface area contributed by atoms with E-state index >= 15 is 0 Å². The molecule has 260 valence electrons. The number of hydrogen-bond acceptors (Lipinski definition) is 4. The molecule has 0 aliphatic carbocycles. The summed E-state index contributed by atoms with van der Waals surface area (Å²) in [5.74, 6) is 0. The quantitative estimate of drug-likeness (QED) is 0.0382. The molecule has 0 rings (SSSR count). The van der Waals surface area contributed by atoms with E-state index in [1.807, 2.05) is 0 Å². The minimum absolute atomic E-state index is 0. The predicted octanol–water partition coefficient (Wildman–Crippen LogP) is 12.7. The third-order valence-corrected chi connectivity index (χ3v) is 9.75. The van der Waals surface area contributed by atoms with E-state index in [1.165, 1.54) is 180 Å². The molecule has 0 aromatic carbocycles. The van der Waals surface area contributed by atoms with Gasteiger partial charge in [0.2, 0.25) is 0 Å². The van der Waals surface area contributed by atoms with Crippen LogP contribution >= 0.6 is 16.1 Å². The summed E-state index contributed by atoms with van der Waals surface area (Å²) in [6.07, 6.45) is 43.4. The molecule has 0 amide bonds. The minimum atomic E-state index is -2.14. The Kier molecular flexibility index (Phi) is 50.0. The SMILES string of the molecule is CCCCCCCCCCCCCCCCCC[P+](=O)[O-].CCCCCCCCCCCCCCCCCC[P+](=O)[O-].[Ni+2]. The van der Waals surface area contributed by atoms with Gasteiger partial charge in [-0.1, -0.05) is 203 Å². The second-order valence-corrected chi connectivity index (χ2v) is 14.9. The molecule has 0 heterocycles. The maximum absolute atomic E-state index is 10.4. The summed E-state index contributed by atoms with van der Waals surface area (Å²) in [6, 6.07) is 0. The van der Waals surface area contributed by atoms with Crippen LogP contribution in [0.1, 0.15) is 219 Å². The molecule has 0 aliphatic heterocycles. The normalized spacial score (nSPS) is 11.5. The van der Waals surface area contributed by atoms with Gasteiger partial charge in [0, 0.05) is 0 Å². The van der Waals surface area contributed by atoms with Gasteiger partial charge in [0.25, 0.3) is 0 Å². The molecule has 4 nitrogen and oxygen atoms in total. The van der Waals surface area contributed by atoms with Crippen LogP contribution in [-0.2, 0) is 25.6 Å². The zero-order valence-corrected chi connectivity index (χ0v) is 31.7. The van der Waals surface area contributed by atoms with Crippen molar-refractivity contribution in [2.75, 3.05) is 12.3 Å². The summed E-state index contributed by atoms with van der Waals surface area (Å²) in [7, 11) is -4.29. The van der Waals surface area contributed by atoms with Gasteiger partial charge in [-0.25, -0.2) is 0 Å². The number of rotatable bonds is 34. The van der Waals surface area contributed by atoms with Crippen molar-refractivity contribution in [1.82, 2.24) is 0 Å². The van der Waals surface area contributed by atoms with E-state index < -0.39 is 16.1 Å². The first-order chi connectivity index (χ1) is 20.5. The molecule has 0 radical (unpaired) electrons. The first kappa shape index (κ1) is 48.0. The zero-order valence-electron chi connectivity index (χ0n) is 28.9. The Labute approximate surface area is 282 Å². The summed E-state index contributed by atoms with van der Waals surface area (Å²) in [5.41, 5.74) is 0. The van der Waals surface area contributed by atoms with Crippen LogP contribution in [0.25, 0.3) is 0 Å². The fraction of sp³-hybridized carbons (Fsp3) is 1.00. The standard InChI is InChI=1S/2C18H37O2P.Ni/c2*1-2-3-4-5-6-7-8-9-10-11-12-13-14-15-16-17-18-21(19)20;/h2*2-18H2,1H3;/q;;+2. The third kappa shape index (κ3) is 52.4. The van der Waals surface area contributed by atoms with Crippen molar-refractivity contribution in [3.8, 4) is 0 Å². The van der Waals surface area contributed by atoms with Crippen LogP contribution in [0.5, 0.6) is 0 Å². The van der Waals surface area contributed by atoms with Crippen molar-refractivity contribution in [2.45, 2.75) is 219 Å². The Morgan fingerprint density at radius 2 is 0.442 bits per heavy atom. The van der Waals surface area contributed by atoms with Gasteiger partial charge < -0.3 is 9.79 Å². The van der Waals surface area contributed by atoms with Crippen LogP contribution in [0.4, 0.5) is 0 Å². The molecule has 0 N–H and O–H groups in total. The van der Waals surface area contributed by atoms with E-state index in [2.05, 4.69) is 13.8 Å². The summed E-state index contributed by atoms with van der Waals surface area (Å²) < 4.78 is 20.8. The molecule has 0 saturated carbocycles. The van der Waals surface area contributed by atoms with E-state index in [0.717, 1.165) is 25.7 Å². The molecule has 0 spiro atoms. The molecular formula is C36H74NiO4P2+2. The zero-order chi connectivity index (χ0) is 31.2. The summed E-state index contributed by atoms with van der Waals surface area (Å²) in [5, 5.41) is 0. The van der Waals surface area contributed by atoms with Crippen LogP contribution in [0.3, 0.4) is 0 Å². The predicted molar refractivity (Wildman–Crippen MR) is 184 cm³/mol. The molecular weight excluding hydrogens is 617 g/mol. The van der Waals surface area contributed by atoms with Crippen molar-refractivity contribution in [3.63, 3.8) is 0 Å². The fourth-order valence-corrected chi connectivity index (χ4v) is 6.54. The van der Waals surface area contributed by atoms with Gasteiger partial charge in [0.05, 0.1) is 0 Å². The second kappa shape index (κ2) is 44.7. The minimum Gasteiger partial charge on any atom is -0.596 e. The average Bonchev–Trinajstić information content (AvgIpc) is 2.97. The van der Waals surface area contributed by atoms with Crippen LogP contribution in [0.2, 0.25) is 0 Å². The van der Waals surface area contributed by atoms with Gasteiger partial charge in [-0.3, -0.25) is 0 Å². The first-order valence-electron chi connectivity index (χ1n) is 18.8. The molecule has 0 saturated heterocycles. The number of unbranched alkanes of at least 4 members (excludes halogenated alkanes) is 30. The molecule has 2 unspecified atom stereocenters. The fourth-order valence-electron chi connectivity index (χ4n) is 5.58. The van der Waals surface area contributed by atoms with E-state index in [4.69, 9.17) is 0 Å². The van der Waals surface area contributed by atoms with Crippen molar-refractivity contribution in [3.05, 3.63) is 0 Å². The van der Waals surface area contributed by atoms with Gasteiger partial charge in [0.15, 0.2) is 0 Å². The Morgan fingerprint density at radius 3 is 0.581 bits per heavy atom. The third-order valence-electron chi connectivity index (χ3n) is 8.39. The van der Waals surface area contributed by atoms with Crippen LogP contribution in [0, 0.1) is 0 Å². The van der Waals surface area contributed by atoms with Gasteiger partial charge in [0.1, 0.15) is 12.3 Å². The van der Waals surface area contributed by atoms with Gasteiger partial charge >= 0.3 is 32.5 Å².